The van der Waals surface area contributed by atoms with E-state index in [0.29, 0.717) is 6.42 Å². The molecule has 1 N–H and O–H groups in total. The lowest BCUT2D eigenvalue weighted by molar-refractivity contribution is -0.135. The molecule has 0 aliphatic carbocycles. The molecule has 1 saturated heterocycles. The molecule has 1 aromatic rings. The van der Waals surface area contributed by atoms with Crippen molar-refractivity contribution in [2.45, 2.75) is 25.8 Å². The predicted molar refractivity (Wildman–Crippen MR) is 56.9 cm³/mol. The van der Waals surface area contributed by atoms with Crippen LogP contribution in [0.25, 0.3) is 0 Å². The van der Waals surface area contributed by atoms with Crippen molar-refractivity contribution in [3.05, 3.63) is 34.2 Å². The zero-order valence-corrected chi connectivity index (χ0v) is 8.90. The predicted octanol–water partition coefficient (Wildman–Crippen LogP) is 0.134. The van der Waals surface area contributed by atoms with Crippen LogP contribution in [-0.2, 0) is 9.59 Å². The normalized spacial score (nSPS) is 20.7. The number of aryl methyl sites for hydroxylation is 1. The van der Waals surface area contributed by atoms with E-state index < -0.39 is 11.9 Å². The first-order valence-corrected chi connectivity index (χ1v) is 5.10. The van der Waals surface area contributed by atoms with E-state index in [4.69, 9.17) is 0 Å². The van der Waals surface area contributed by atoms with E-state index >= 15 is 0 Å². The van der Waals surface area contributed by atoms with Gasteiger partial charge in [0.15, 0.2) is 0 Å². The molecule has 1 aliphatic heterocycles. The van der Waals surface area contributed by atoms with Gasteiger partial charge in [0.05, 0.1) is 0 Å². The highest BCUT2D eigenvalue weighted by molar-refractivity contribution is 5.99. The maximum Gasteiger partial charge on any atom is 0.251 e. The van der Waals surface area contributed by atoms with Crippen LogP contribution in [0.4, 0.5) is 0 Å². The lowest BCUT2D eigenvalue weighted by Crippen LogP contribution is -2.44. The van der Waals surface area contributed by atoms with Gasteiger partial charge in [0, 0.05) is 18.7 Å². The van der Waals surface area contributed by atoms with E-state index in [-0.39, 0.29) is 17.9 Å². The number of nitrogens with zero attached hydrogens (tertiary/aromatic N) is 1. The Morgan fingerprint density at radius 1 is 1.38 bits per heavy atom. The van der Waals surface area contributed by atoms with Crippen LogP contribution in [0, 0.1) is 6.92 Å². The number of rotatable bonds is 1. The molecule has 0 bridgehead atoms. The van der Waals surface area contributed by atoms with Crippen molar-refractivity contribution in [3.8, 4) is 0 Å². The van der Waals surface area contributed by atoms with E-state index in [1.807, 2.05) is 6.92 Å². The molecule has 1 aliphatic rings. The smallest absolute Gasteiger partial charge is 0.251 e. The second-order valence-corrected chi connectivity index (χ2v) is 3.92. The molecule has 2 rings (SSSR count). The number of pyridine rings is 1. The van der Waals surface area contributed by atoms with Crippen molar-refractivity contribution in [2.75, 3.05) is 0 Å². The van der Waals surface area contributed by atoms with Crippen LogP contribution < -0.4 is 10.9 Å². The van der Waals surface area contributed by atoms with E-state index in [2.05, 4.69) is 5.32 Å². The van der Waals surface area contributed by atoms with Crippen LogP contribution in [0.15, 0.2) is 23.1 Å². The van der Waals surface area contributed by atoms with Gasteiger partial charge in [-0.2, -0.15) is 0 Å². The van der Waals surface area contributed by atoms with Gasteiger partial charge in [-0.25, -0.2) is 0 Å². The van der Waals surface area contributed by atoms with Crippen LogP contribution in [0.1, 0.15) is 24.4 Å². The lowest BCUT2D eigenvalue weighted by atomic mass is 10.1. The number of aromatic nitrogens is 1. The molecular formula is C11H12N2O3. The Balaban J connectivity index is 2.34. The van der Waals surface area contributed by atoms with Gasteiger partial charge in [-0.05, 0) is 25.0 Å². The van der Waals surface area contributed by atoms with Crippen LogP contribution in [0.2, 0.25) is 0 Å². The second-order valence-electron chi connectivity index (χ2n) is 3.92. The molecule has 2 amide bonds. The molecule has 5 heteroatoms. The number of carbonyl (C=O) groups is 2. The molecule has 0 spiro atoms. The molecule has 1 aromatic heterocycles. The number of carbonyl (C=O) groups excluding carboxylic acids is 2. The quantitative estimate of drug-likeness (QED) is 0.684. The standard InChI is InChI=1S/C11H12N2O3/c1-7-4-5-13(10(15)6-7)8-2-3-9(14)12-11(8)16/h4-6,8H,2-3H2,1H3,(H,12,14,16). The van der Waals surface area contributed by atoms with Crippen molar-refractivity contribution in [1.29, 1.82) is 0 Å². The van der Waals surface area contributed by atoms with Gasteiger partial charge >= 0.3 is 0 Å². The lowest BCUT2D eigenvalue weighted by Gasteiger charge is -2.22. The molecule has 1 atom stereocenters. The Kier molecular flexibility index (Phi) is 2.60. The Morgan fingerprint density at radius 2 is 2.12 bits per heavy atom. The number of hydrogen-bond donors (Lipinski definition) is 1. The first kappa shape index (κ1) is 10.6. The molecule has 0 radical (unpaired) electrons. The summed E-state index contributed by atoms with van der Waals surface area (Å²) >= 11 is 0. The summed E-state index contributed by atoms with van der Waals surface area (Å²) in [4.78, 5) is 34.2. The molecule has 84 valence electrons. The van der Waals surface area contributed by atoms with Gasteiger partial charge < -0.3 is 4.57 Å². The topological polar surface area (TPSA) is 68.2 Å². The monoisotopic (exact) mass is 220 g/mol. The Morgan fingerprint density at radius 3 is 2.75 bits per heavy atom. The van der Waals surface area contributed by atoms with E-state index in [9.17, 15) is 14.4 Å². The Labute approximate surface area is 92.1 Å². The number of piperidine rings is 1. The molecule has 1 fully saturated rings. The first-order valence-electron chi connectivity index (χ1n) is 5.10. The molecule has 16 heavy (non-hydrogen) atoms. The third-order valence-corrected chi connectivity index (χ3v) is 2.65. The summed E-state index contributed by atoms with van der Waals surface area (Å²) in [5.74, 6) is -0.677. The van der Waals surface area contributed by atoms with Crippen molar-refractivity contribution in [3.63, 3.8) is 0 Å². The van der Waals surface area contributed by atoms with Crippen LogP contribution >= 0.6 is 0 Å². The van der Waals surface area contributed by atoms with Crippen molar-refractivity contribution < 1.29 is 9.59 Å². The highest BCUT2D eigenvalue weighted by Gasteiger charge is 2.28. The minimum atomic E-state index is -0.564. The van der Waals surface area contributed by atoms with Crippen LogP contribution in [0.5, 0.6) is 0 Å². The summed E-state index contributed by atoms with van der Waals surface area (Å²) < 4.78 is 1.37. The Bertz CT molecular complexity index is 504. The molecule has 5 nitrogen and oxygen atoms in total. The molecule has 0 aromatic carbocycles. The minimum absolute atomic E-state index is 0.213. The zero-order chi connectivity index (χ0) is 11.7. The fourth-order valence-corrected chi connectivity index (χ4v) is 1.79. The third kappa shape index (κ3) is 1.88. The van der Waals surface area contributed by atoms with Gasteiger partial charge in [0.25, 0.3) is 5.56 Å². The largest absolute Gasteiger partial charge is 0.303 e. The highest BCUT2D eigenvalue weighted by atomic mass is 16.2. The molecule has 2 heterocycles. The molecule has 0 saturated carbocycles. The van der Waals surface area contributed by atoms with Crippen molar-refractivity contribution in [2.24, 2.45) is 0 Å². The van der Waals surface area contributed by atoms with Crippen molar-refractivity contribution in [1.82, 2.24) is 9.88 Å². The van der Waals surface area contributed by atoms with Crippen LogP contribution in [-0.4, -0.2) is 16.4 Å². The van der Waals surface area contributed by atoms with Gasteiger partial charge in [0.2, 0.25) is 11.8 Å². The first-order chi connectivity index (χ1) is 7.58. The van der Waals surface area contributed by atoms with Gasteiger partial charge in [-0.1, -0.05) is 0 Å². The molecular weight excluding hydrogens is 208 g/mol. The number of amides is 2. The van der Waals surface area contributed by atoms with Crippen molar-refractivity contribution >= 4 is 11.8 Å². The average Bonchev–Trinajstić information content (AvgIpc) is 2.19. The summed E-state index contributed by atoms with van der Waals surface area (Å²) in [5.41, 5.74) is 0.642. The van der Waals surface area contributed by atoms with Gasteiger partial charge in [-0.15, -0.1) is 0 Å². The summed E-state index contributed by atoms with van der Waals surface area (Å²) in [7, 11) is 0. The minimum Gasteiger partial charge on any atom is -0.303 e. The fourth-order valence-electron chi connectivity index (χ4n) is 1.79. The summed E-state index contributed by atoms with van der Waals surface area (Å²) in [6, 6.07) is 2.68. The van der Waals surface area contributed by atoms with E-state index in [1.54, 1.807) is 12.3 Å². The van der Waals surface area contributed by atoms with Gasteiger partial charge in [-0.3, -0.25) is 19.7 Å². The summed E-state index contributed by atoms with van der Waals surface area (Å²) in [6.45, 7) is 1.82. The van der Waals surface area contributed by atoms with E-state index in [0.717, 1.165) is 5.56 Å². The average molecular weight is 220 g/mol. The highest BCUT2D eigenvalue weighted by Crippen LogP contribution is 2.16. The maximum atomic E-state index is 11.7. The van der Waals surface area contributed by atoms with Crippen LogP contribution in [0.3, 0.4) is 0 Å². The van der Waals surface area contributed by atoms with E-state index in [1.165, 1.54) is 10.6 Å². The number of hydrogen-bond acceptors (Lipinski definition) is 3. The summed E-state index contributed by atoms with van der Waals surface area (Å²) in [5, 5.41) is 2.23. The zero-order valence-electron chi connectivity index (χ0n) is 8.90. The fraction of sp³-hybridized carbons (Fsp3) is 0.364. The van der Waals surface area contributed by atoms with Gasteiger partial charge in [0.1, 0.15) is 6.04 Å². The third-order valence-electron chi connectivity index (χ3n) is 2.65. The maximum absolute atomic E-state index is 11.7. The summed E-state index contributed by atoms with van der Waals surface area (Å²) in [6.07, 6.45) is 2.25. The number of imide groups is 1. The SMILES string of the molecule is Cc1ccn(C2CCC(=O)NC2=O)c(=O)c1. The Hall–Kier alpha value is -1.91. The number of nitrogens with one attached hydrogen (secondary N) is 1. The molecule has 1 unspecified atom stereocenters. The second kappa shape index (κ2) is 3.92.